The van der Waals surface area contributed by atoms with Crippen LogP contribution in [0.25, 0.3) is 6.08 Å². The molecule has 0 aromatic carbocycles. The smallest absolute Gasteiger partial charge is 0.294 e. The Hall–Kier alpha value is -1.93. The minimum Gasteiger partial charge on any atom is -0.462 e. The molecule has 0 atom stereocenters. The van der Waals surface area contributed by atoms with Crippen molar-refractivity contribution in [3.05, 3.63) is 28.6 Å². The molecular weight excluding hydrogens is 238 g/mol. The van der Waals surface area contributed by atoms with Crippen LogP contribution < -0.4 is 0 Å². The van der Waals surface area contributed by atoms with Crippen molar-refractivity contribution in [1.82, 2.24) is 4.90 Å². The lowest BCUT2D eigenvalue weighted by Gasteiger charge is -2.06. The molecule has 2 rings (SSSR count). The van der Waals surface area contributed by atoms with Crippen LogP contribution in [0.3, 0.4) is 0 Å². The zero-order valence-electron chi connectivity index (χ0n) is 9.10. The highest BCUT2D eigenvalue weighted by atomic mass is 32.2. The maximum Gasteiger partial charge on any atom is 0.294 e. The van der Waals surface area contributed by atoms with Gasteiger partial charge < -0.3 is 4.42 Å². The number of carbonyl (C=O) groups is 2. The van der Waals surface area contributed by atoms with Gasteiger partial charge in [0.05, 0.1) is 11.4 Å². The molecule has 1 aromatic heterocycles. The summed E-state index contributed by atoms with van der Waals surface area (Å²) in [6, 6.07) is 3.53. The number of aryl methyl sites for hydroxylation is 1. The molecule has 5 heteroatoms. The second-order valence-electron chi connectivity index (χ2n) is 3.42. The Kier molecular flexibility index (Phi) is 3.07. The van der Waals surface area contributed by atoms with Crippen LogP contribution in [0.4, 0.5) is 4.79 Å². The van der Waals surface area contributed by atoms with Crippen LogP contribution in [-0.4, -0.2) is 22.6 Å². The Morgan fingerprint density at radius 3 is 2.88 bits per heavy atom. The molecule has 1 aliphatic heterocycles. The molecule has 17 heavy (non-hydrogen) atoms. The summed E-state index contributed by atoms with van der Waals surface area (Å²) in [6.07, 6.45) is 6.64. The van der Waals surface area contributed by atoms with Crippen molar-refractivity contribution in [3.8, 4) is 12.3 Å². The molecule has 1 fully saturated rings. The first-order valence-electron chi connectivity index (χ1n) is 4.87. The van der Waals surface area contributed by atoms with Gasteiger partial charge in [0, 0.05) is 6.08 Å². The average Bonchev–Trinajstić information content (AvgIpc) is 2.79. The molecule has 0 N–H and O–H groups in total. The molecule has 0 aliphatic carbocycles. The van der Waals surface area contributed by atoms with Gasteiger partial charge in [-0.1, -0.05) is 5.92 Å². The van der Waals surface area contributed by atoms with Gasteiger partial charge in [-0.25, -0.2) is 0 Å². The van der Waals surface area contributed by atoms with Crippen LogP contribution in [0, 0.1) is 19.3 Å². The zero-order chi connectivity index (χ0) is 12.4. The molecule has 0 bridgehead atoms. The van der Waals surface area contributed by atoms with Crippen LogP contribution >= 0.6 is 11.8 Å². The molecule has 2 heterocycles. The molecular formula is C12H9NO3S. The number of thioether (sulfide) groups is 1. The van der Waals surface area contributed by atoms with Gasteiger partial charge in [0.2, 0.25) is 0 Å². The second kappa shape index (κ2) is 4.52. The highest BCUT2D eigenvalue weighted by Crippen LogP contribution is 2.32. The predicted octanol–water partition coefficient (Wildman–Crippen LogP) is 2.26. The van der Waals surface area contributed by atoms with Crippen LogP contribution in [0.2, 0.25) is 0 Å². The Balaban J connectivity index is 2.25. The lowest BCUT2D eigenvalue weighted by Crippen LogP contribution is -2.28. The lowest BCUT2D eigenvalue weighted by atomic mass is 10.3. The highest BCUT2D eigenvalue weighted by molar-refractivity contribution is 8.18. The maximum absolute atomic E-state index is 11.8. The average molecular weight is 247 g/mol. The van der Waals surface area contributed by atoms with Crippen molar-refractivity contribution < 1.29 is 14.0 Å². The second-order valence-corrected chi connectivity index (χ2v) is 4.41. The fraction of sp³-hybridized carbons (Fsp3) is 0.167. The van der Waals surface area contributed by atoms with Gasteiger partial charge in [0.25, 0.3) is 11.1 Å². The number of hydrogen-bond donors (Lipinski definition) is 0. The first-order chi connectivity index (χ1) is 8.11. The number of amides is 2. The van der Waals surface area contributed by atoms with E-state index >= 15 is 0 Å². The number of terminal acetylenes is 1. The molecule has 0 spiro atoms. The van der Waals surface area contributed by atoms with Crippen LogP contribution in [0.1, 0.15) is 11.5 Å². The molecule has 0 unspecified atom stereocenters. The Labute approximate surface area is 103 Å². The minimum absolute atomic E-state index is 0.000804. The molecule has 86 valence electrons. The highest BCUT2D eigenvalue weighted by Gasteiger charge is 2.34. The summed E-state index contributed by atoms with van der Waals surface area (Å²) >= 11 is 0.869. The van der Waals surface area contributed by atoms with Crippen molar-refractivity contribution in [3.63, 3.8) is 0 Å². The van der Waals surface area contributed by atoms with Gasteiger partial charge >= 0.3 is 0 Å². The van der Waals surface area contributed by atoms with E-state index in [2.05, 4.69) is 5.92 Å². The van der Waals surface area contributed by atoms with Crippen molar-refractivity contribution >= 4 is 29.0 Å². The van der Waals surface area contributed by atoms with Crippen LogP contribution in [-0.2, 0) is 4.79 Å². The number of nitrogens with zero attached hydrogens (tertiary/aromatic N) is 1. The van der Waals surface area contributed by atoms with E-state index in [0.29, 0.717) is 10.7 Å². The number of furan rings is 1. The van der Waals surface area contributed by atoms with Gasteiger partial charge in [0.15, 0.2) is 0 Å². The van der Waals surface area contributed by atoms with Crippen molar-refractivity contribution in [2.75, 3.05) is 6.54 Å². The largest absolute Gasteiger partial charge is 0.462 e. The summed E-state index contributed by atoms with van der Waals surface area (Å²) in [6.45, 7) is 1.81. The predicted molar refractivity (Wildman–Crippen MR) is 65.0 cm³/mol. The Bertz CT molecular complexity index is 550. The van der Waals surface area contributed by atoms with E-state index in [0.717, 1.165) is 22.4 Å². The number of carbonyl (C=O) groups excluding carboxylic acids is 2. The molecule has 0 radical (unpaired) electrons. The van der Waals surface area contributed by atoms with Gasteiger partial charge in [-0.05, 0) is 30.8 Å². The lowest BCUT2D eigenvalue weighted by molar-refractivity contribution is -0.122. The van der Waals surface area contributed by atoms with E-state index in [4.69, 9.17) is 10.8 Å². The maximum atomic E-state index is 11.8. The van der Waals surface area contributed by atoms with Crippen molar-refractivity contribution in [2.24, 2.45) is 0 Å². The third-order valence-electron chi connectivity index (χ3n) is 2.16. The van der Waals surface area contributed by atoms with Crippen LogP contribution in [0.15, 0.2) is 21.5 Å². The molecule has 4 nitrogen and oxygen atoms in total. The fourth-order valence-electron chi connectivity index (χ4n) is 1.39. The summed E-state index contributed by atoms with van der Waals surface area (Å²) in [4.78, 5) is 24.6. The monoisotopic (exact) mass is 247 g/mol. The first kappa shape index (κ1) is 11.6. The van der Waals surface area contributed by atoms with Crippen molar-refractivity contribution in [1.29, 1.82) is 0 Å². The summed E-state index contributed by atoms with van der Waals surface area (Å²) in [5.41, 5.74) is 0. The van der Waals surface area contributed by atoms with Gasteiger partial charge in [-0.3, -0.25) is 14.5 Å². The molecule has 0 saturated carbocycles. The minimum atomic E-state index is -0.369. The van der Waals surface area contributed by atoms with E-state index in [1.807, 2.05) is 0 Å². The van der Waals surface area contributed by atoms with Crippen LogP contribution in [0.5, 0.6) is 0 Å². The molecule has 1 saturated heterocycles. The Morgan fingerprint density at radius 1 is 1.53 bits per heavy atom. The summed E-state index contributed by atoms with van der Waals surface area (Å²) < 4.78 is 5.31. The number of rotatable bonds is 2. The quantitative estimate of drug-likeness (QED) is 0.594. The van der Waals surface area contributed by atoms with E-state index in [9.17, 15) is 9.59 Å². The SMILES string of the molecule is C#CCN1C(=O)SC(=Cc2ccc(C)o2)C1=O. The topological polar surface area (TPSA) is 50.5 Å². The normalized spacial score (nSPS) is 17.9. The summed E-state index contributed by atoms with van der Waals surface area (Å²) in [5.74, 6) is 3.21. The van der Waals surface area contributed by atoms with E-state index < -0.39 is 0 Å². The third-order valence-corrected chi connectivity index (χ3v) is 3.06. The molecule has 1 aliphatic rings. The molecule has 2 amide bonds. The van der Waals surface area contributed by atoms with Crippen molar-refractivity contribution in [2.45, 2.75) is 6.92 Å². The van der Waals surface area contributed by atoms with E-state index in [1.165, 1.54) is 0 Å². The van der Waals surface area contributed by atoms with Gasteiger partial charge in [0.1, 0.15) is 11.5 Å². The van der Waals surface area contributed by atoms with E-state index in [1.54, 1.807) is 25.1 Å². The number of hydrogen-bond acceptors (Lipinski definition) is 4. The number of imide groups is 1. The van der Waals surface area contributed by atoms with E-state index in [-0.39, 0.29) is 17.7 Å². The summed E-state index contributed by atoms with van der Waals surface area (Å²) in [5, 5.41) is -0.345. The Morgan fingerprint density at radius 2 is 2.29 bits per heavy atom. The third kappa shape index (κ3) is 2.27. The molecule has 1 aromatic rings. The summed E-state index contributed by atoms with van der Waals surface area (Å²) in [7, 11) is 0. The fourth-order valence-corrected chi connectivity index (χ4v) is 2.21. The van der Waals surface area contributed by atoms with Gasteiger partial charge in [-0.2, -0.15) is 0 Å². The van der Waals surface area contributed by atoms with Gasteiger partial charge in [-0.15, -0.1) is 6.42 Å². The zero-order valence-corrected chi connectivity index (χ0v) is 9.91. The first-order valence-corrected chi connectivity index (χ1v) is 5.68. The standard InChI is InChI=1S/C12H9NO3S/c1-3-6-13-11(14)10(17-12(13)15)7-9-5-4-8(2)16-9/h1,4-5,7H,6H2,2H3.